The Morgan fingerprint density at radius 3 is 3.17 bits per heavy atom. The molecule has 0 radical (unpaired) electrons. The van der Waals surface area contributed by atoms with Gasteiger partial charge in [0, 0.05) is 18.8 Å². The highest BCUT2D eigenvalue weighted by atomic mass is 16.5. The molecule has 0 aliphatic carbocycles. The van der Waals surface area contributed by atoms with Crippen LogP contribution in [0.25, 0.3) is 0 Å². The second-order valence-corrected chi connectivity index (χ2v) is 2.37. The zero-order valence-electron chi connectivity index (χ0n) is 6.78. The van der Waals surface area contributed by atoms with Crippen molar-refractivity contribution in [3.63, 3.8) is 0 Å². The number of nitrogens with one attached hydrogen (secondary N) is 1. The zero-order chi connectivity index (χ0) is 8.97. The first-order valence-electron chi connectivity index (χ1n) is 3.55. The van der Waals surface area contributed by atoms with Gasteiger partial charge in [-0.05, 0) is 0 Å². The average molecular weight is 169 g/mol. The Kier molecular flexibility index (Phi) is 2.82. The standard InChI is InChI=1S/C7H11N3O2/c1-12-7(11)5(8)4-6-9-2-3-10-6/h2-3,5H,4,8H2,1H3,(H,9,10)/t5-/m0/s1. The van der Waals surface area contributed by atoms with Gasteiger partial charge < -0.3 is 15.5 Å². The van der Waals surface area contributed by atoms with E-state index in [0.717, 1.165) is 0 Å². The molecule has 5 nitrogen and oxygen atoms in total. The first-order chi connectivity index (χ1) is 5.74. The maximum atomic E-state index is 10.8. The number of imidazole rings is 1. The molecule has 0 aromatic carbocycles. The van der Waals surface area contributed by atoms with Gasteiger partial charge in [0.15, 0.2) is 0 Å². The van der Waals surface area contributed by atoms with Gasteiger partial charge in [0.05, 0.1) is 7.11 Å². The van der Waals surface area contributed by atoms with Crippen molar-refractivity contribution in [3.8, 4) is 0 Å². The van der Waals surface area contributed by atoms with Crippen molar-refractivity contribution in [2.45, 2.75) is 12.5 Å². The Labute approximate surface area is 69.9 Å². The summed E-state index contributed by atoms with van der Waals surface area (Å²) in [6, 6.07) is -0.638. The fourth-order valence-corrected chi connectivity index (χ4v) is 0.853. The summed E-state index contributed by atoms with van der Waals surface area (Å²) in [4.78, 5) is 17.6. The molecule has 0 bridgehead atoms. The van der Waals surface area contributed by atoms with Crippen LogP contribution in [0.4, 0.5) is 0 Å². The topological polar surface area (TPSA) is 81.0 Å². The molecule has 0 aliphatic heterocycles. The third-order valence-corrected chi connectivity index (χ3v) is 1.47. The second kappa shape index (κ2) is 3.87. The summed E-state index contributed by atoms with van der Waals surface area (Å²) in [7, 11) is 1.31. The molecule has 1 rings (SSSR count). The number of rotatable bonds is 3. The molecular formula is C7H11N3O2. The van der Waals surface area contributed by atoms with Crippen LogP contribution in [-0.4, -0.2) is 29.1 Å². The Morgan fingerprint density at radius 1 is 1.92 bits per heavy atom. The minimum absolute atomic E-state index is 0.375. The molecule has 1 aromatic rings. The van der Waals surface area contributed by atoms with Crippen LogP contribution >= 0.6 is 0 Å². The lowest BCUT2D eigenvalue weighted by atomic mass is 10.2. The second-order valence-electron chi connectivity index (χ2n) is 2.37. The summed E-state index contributed by atoms with van der Waals surface area (Å²) in [5, 5.41) is 0. The van der Waals surface area contributed by atoms with E-state index in [9.17, 15) is 4.79 Å². The van der Waals surface area contributed by atoms with Crippen LogP contribution in [-0.2, 0) is 16.0 Å². The van der Waals surface area contributed by atoms with Gasteiger partial charge in [-0.3, -0.25) is 4.79 Å². The Bertz CT molecular complexity index is 245. The first kappa shape index (κ1) is 8.73. The molecular weight excluding hydrogens is 158 g/mol. The van der Waals surface area contributed by atoms with Crippen molar-refractivity contribution in [1.29, 1.82) is 0 Å². The van der Waals surface area contributed by atoms with E-state index < -0.39 is 12.0 Å². The predicted octanol–water partition coefficient (Wildman–Crippen LogP) is -0.548. The van der Waals surface area contributed by atoms with Crippen molar-refractivity contribution in [1.82, 2.24) is 9.97 Å². The van der Waals surface area contributed by atoms with E-state index in [1.54, 1.807) is 12.4 Å². The number of hydrogen-bond donors (Lipinski definition) is 2. The van der Waals surface area contributed by atoms with Gasteiger partial charge in [0.2, 0.25) is 0 Å². The number of nitrogens with two attached hydrogens (primary N) is 1. The van der Waals surface area contributed by atoms with Crippen molar-refractivity contribution >= 4 is 5.97 Å². The molecule has 1 atom stereocenters. The van der Waals surface area contributed by atoms with Crippen LogP contribution in [0, 0.1) is 0 Å². The van der Waals surface area contributed by atoms with Gasteiger partial charge in [-0.15, -0.1) is 0 Å². The van der Waals surface area contributed by atoms with Crippen molar-refractivity contribution < 1.29 is 9.53 Å². The maximum absolute atomic E-state index is 10.8. The van der Waals surface area contributed by atoms with Crippen molar-refractivity contribution in [2.24, 2.45) is 5.73 Å². The number of nitrogens with zero attached hydrogens (tertiary/aromatic N) is 1. The molecule has 5 heteroatoms. The molecule has 0 aliphatic rings. The summed E-state index contributed by atoms with van der Waals surface area (Å²) in [6.45, 7) is 0. The van der Waals surface area contributed by atoms with E-state index in [-0.39, 0.29) is 0 Å². The normalized spacial score (nSPS) is 12.5. The number of carbonyl (C=O) groups is 1. The third-order valence-electron chi connectivity index (χ3n) is 1.47. The number of methoxy groups -OCH3 is 1. The largest absolute Gasteiger partial charge is 0.468 e. The van der Waals surface area contributed by atoms with E-state index in [2.05, 4.69) is 14.7 Å². The van der Waals surface area contributed by atoms with Gasteiger partial charge in [-0.2, -0.15) is 0 Å². The maximum Gasteiger partial charge on any atom is 0.323 e. The number of ether oxygens (including phenoxy) is 1. The monoisotopic (exact) mass is 169 g/mol. The highest BCUT2D eigenvalue weighted by Gasteiger charge is 2.14. The van der Waals surface area contributed by atoms with E-state index in [4.69, 9.17) is 5.73 Å². The lowest BCUT2D eigenvalue weighted by Crippen LogP contribution is -2.33. The van der Waals surface area contributed by atoms with E-state index in [1.807, 2.05) is 0 Å². The van der Waals surface area contributed by atoms with Gasteiger partial charge in [0.25, 0.3) is 0 Å². The Balaban J connectivity index is 2.47. The Morgan fingerprint density at radius 2 is 2.67 bits per heavy atom. The average Bonchev–Trinajstić information content (AvgIpc) is 2.55. The van der Waals surface area contributed by atoms with Crippen LogP contribution in [0.2, 0.25) is 0 Å². The molecule has 0 saturated heterocycles. The van der Waals surface area contributed by atoms with Crippen LogP contribution in [0.1, 0.15) is 5.82 Å². The first-order valence-corrected chi connectivity index (χ1v) is 3.55. The molecule has 1 heterocycles. The molecule has 0 saturated carbocycles. The van der Waals surface area contributed by atoms with Crippen LogP contribution < -0.4 is 5.73 Å². The zero-order valence-corrected chi connectivity index (χ0v) is 6.78. The lowest BCUT2D eigenvalue weighted by molar-refractivity contribution is -0.142. The molecule has 0 spiro atoms. The number of H-pyrrole nitrogens is 1. The summed E-state index contributed by atoms with van der Waals surface area (Å²) in [5.41, 5.74) is 5.48. The number of esters is 1. The van der Waals surface area contributed by atoms with E-state index in [0.29, 0.717) is 12.2 Å². The molecule has 3 N–H and O–H groups in total. The highest BCUT2D eigenvalue weighted by Crippen LogP contribution is 1.95. The smallest absolute Gasteiger partial charge is 0.323 e. The van der Waals surface area contributed by atoms with Gasteiger partial charge >= 0.3 is 5.97 Å². The van der Waals surface area contributed by atoms with Crippen LogP contribution in [0.15, 0.2) is 12.4 Å². The fourth-order valence-electron chi connectivity index (χ4n) is 0.853. The number of aromatic nitrogens is 2. The quantitative estimate of drug-likeness (QED) is 0.595. The summed E-state index contributed by atoms with van der Waals surface area (Å²) < 4.78 is 4.46. The van der Waals surface area contributed by atoms with Crippen LogP contribution in [0.3, 0.4) is 0 Å². The molecule has 12 heavy (non-hydrogen) atoms. The molecule has 0 unspecified atom stereocenters. The van der Waals surface area contributed by atoms with Gasteiger partial charge in [0.1, 0.15) is 11.9 Å². The van der Waals surface area contributed by atoms with Crippen molar-refractivity contribution in [2.75, 3.05) is 7.11 Å². The third kappa shape index (κ3) is 2.06. The minimum atomic E-state index is -0.638. The lowest BCUT2D eigenvalue weighted by Gasteiger charge is -2.05. The summed E-state index contributed by atoms with van der Waals surface area (Å²) in [5.74, 6) is 0.263. The number of aromatic amines is 1. The minimum Gasteiger partial charge on any atom is -0.468 e. The molecule has 1 aromatic heterocycles. The number of carbonyl (C=O) groups excluding carboxylic acids is 1. The number of hydrogen-bond acceptors (Lipinski definition) is 4. The van der Waals surface area contributed by atoms with E-state index in [1.165, 1.54) is 7.11 Å². The highest BCUT2D eigenvalue weighted by molar-refractivity contribution is 5.75. The Hall–Kier alpha value is -1.36. The van der Waals surface area contributed by atoms with Crippen molar-refractivity contribution in [3.05, 3.63) is 18.2 Å². The SMILES string of the molecule is COC(=O)[C@@H](N)Cc1ncc[nH]1. The summed E-state index contributed by atoms with van der Waals surface area (Å²) in [6.07, 6.45) is 3.67. The van der Waals surface area contributed by atoms with Gasteiger partial charge in [-0.25, -0.2) is 4.98 Å². The molecule has 0 fully saturated rings. The molecule has 66 valence electrons. The summed E-state index contributed by atoms with van der Waals surface area (Å²) >= 11 is 0. The molecule has 0 amide bonds. The fraction of sp³-hybridized carbons (Fsp3) is 0.429. The predicted molar refractivity (Wildman–Crippen MR) is 42.3 cm³/mol. The van der Waals surface area contributed by atoms with Gasteiger partial charge in [-0.1, -0.05) is 0 Å². The van der Waals surface area contributed by atoms with E-state index >= 15 is 0 Å². The van der Waals surface area contributed by atoms with Crippen LogP contribution in [0.5, 0.6) is 0 Å².